The second-order valence-electron chi connectivity index (χ2n) is 2.31. The van der Waals surface area contributed by atoms with E-state index in [-0.39, 0.29) is 12.2 Å². The van der Waals surface area contributed by atoms with E-state index < -0.39 is 6.23 Å². The molecule has 0 saturated heterocycles. The summed E-state index contributed by atoms with van der Waals surface area (Å²) in [5, 5.41) is 8.58. The lowest BCUT2D eigenvalue weighted by Crippen LogP contribution is -2.19. The fraction of sp³-hybridized carbons (Fsp3) is 0.571. The Kier molecular flexibility index (Phi) is 3.91. The molecule has 10 heavy (non-hydrogen) atoms. The first-order valence-electron chi connectivity index (χ1n) is 3.16. The Balaban J connectivity index is 3.50. The van der Waals surface area contributed by atoms with Gasteiger partial charge in [0.15, 0.2) is 5.78 Å². The van der Waals surface area contributed by atoms with E-state index in [1.807, 2.05) is 0 Å². The first kappa shape index (κ1) is 9.33. The summed E-state index contributed by atoms with van der Waals surface area (Å²) < 4.78 is 0. The topological polar surface area (TPSA) is 63.3 Å². The summed E-state index contributed by atoms with van der Waals surface area (Å²) in [6, 6.07) is 0. The highest BCUT2D eigenvalue weighted by Crippen LogP contribution is 1.99. The van der Waals surface area contributed by atoms with Crippen LogP contribution in [0.25, 0.3) is 0 Å². The molecule has 0 heterocycles. The fourth-order valence-corrected chi connectivity index (χ4v) is 0.492. The monoisotopic (exact) mass is 143 g/mol. The molecule has 0 saturated carbocycles. The summed E-state index contributed by atoms with van der Waals surface area (Å²) in [6.07, 6.45) is -0.290. The predicted molar refractivity (Wildman–Crippen MR) is 39.2 cm³/mol. The second-order valence-corrected chi connectivity index (χ2v) is 2.31. The molecule has 58 valence electrons. The molecule has 0 aromatic carbocycles. The van der Waals surface area contributed by atoms with Gasteiger partial charge in [-0.3, -0.25) is 4.79 Å². The minimum Gasteiger partial charge on any atom is -0.379 e. The quantitative estimate of drug-likeness (QED) is 0.436. The highest BCUT2D eigenvalue weighted by molar-refractivity contribution is 5.94. The van der Waals surface area contributed by atoms with Crippen LogP contribution in [-0.2, 0) is 4.79 Å². The molecule has 0 rings (SSSR count). The Bertz CT molecular complexity index is 141. The molecule has 0 radical (unpaired) electrons. The molecule has 1 atom stereocenters. The summed E-state index contributed by atoms with van der Waals surface area (Å²) in [7, 11) is 0. The molecule has 0 fully saturated rings. The average Bonchev–Trinajstić information content (AvgIpc) is 1.82. The summed E-state index contributed by atoms with van der Waals surface area (Å²) in [4.78, 5) is 10.8. The lowest BCUT2D eigenvalue weighted by Gasteiger charge is -2.01. The van der Waals surface area contributed by atoms with Crippen LogP contribution >= 0.6 is 0 Å². The molecule has 1 unspecified atom stereocenters. The van der Waals surface area contributed by atoms with Crippen LogP contribution in [0.5, 0.6) is 0 Å². The van der Waals surface area contributed by atoms with Crippen molar-refractivity contribution in [2.24, 2.45) is 5.73 Å². The third-order valence-corrected chi connectivity index (χ3v) is 1.14. The highest BCUT2D eigenvalue weighted by atomic mass is 16.3. The number of nitrogens with two attached hydrogens (primary N) is 1. The molecule has 0 bridgehead atoms. The average molecular weight is 143 g/mol. The van der Waals surface area contributed by atoms with Crippen LogP contribution in [-0.4, -0.2) is 17.1 Å². The van der Waals surface area contributed by atoms with Gasteiger partial charge in [0.05, 0.1) is 0 Å². The number of aliphatic hydroxyl groups excluding tert-OH is 1. The van der Waals surface area contributed by atoms with Crippen LogP contribution in [0.3, 0.4) is 0 Å². The van der Waals surface area contributed by atoms with Gasteiger partial charge in [-0.2, -0.15) is 0 Å². The van der Waals surface area contributed by atoms with E-state index in [2.05, 4.69) is 6.58 Å². The second kappa shape index (κ2) is 4.19. The summed E-state index contributed by atoms with van der Waals surface area (Å²) in [5.74, 6) is -0.0375. The van der Waals surface area contributed by atoms with Gasteiger partial charge in [0.1, 0.15) is 6.23 Å². The maximum atomic E-state index is 10.8. The number of ketones is 1. The zero-order valence-corrected chi connectivity index (χ0v) is 6.13. The van der Waals surface area contributed by atoms with Gasteiger partial charge in [0.25, 0.3) is 0 Å². The molecule has 0 amide bonds. The van der Waals surface area contributed by atoms with Gasteiger partial charge in [-0.05, 0) is 18.9 Å². The van der Waals surface area contributed by atoms with E-state index >= 15 is 0 Å². The van der Waals surface area contributed by atoms with Gasteiger partial charge >= 0.3 is 0 Å². The summed E-state index contributed by atoms with van der Waals surface area (Å²) in [5.41, 5.74) is 5.53. The minimum absolute atomic E-state index is 0.0375. The highest BCUT2D eigenvalue weighted by Gasteiger charge is 2.03. The van der Waals surface area contributed by atoms with Gasteiger partial charge in [0, 0.05) is 6.42 Å². The van der Waals surface area contributed by atoms with Crippen molar-refractivity contribution in [1.82, 2.24) is 0 Å². The number of Topliss-reactive ketones (excluding diaryl/α,β-unsaturated/α-hetero) is 1. The number of aliphatic hydroxyl groups is 1. The Morgan fingerprint density at radius 2 is 2.30 bits per heavy atom. The lowest BCUT2D eigenvalue weighted by atomic mass is 10.1. The third-order valence-electron chi connectivity index (χ3n) is 1.14. The van der Waals surface area contributed by atoms with Crippen LogP contribution in [0.4, 0.5) is 0 Å². The Hall–Kier alpha value is -0.670. The van der Waals surface area contributed by atoms with Crippen LogP contribution in [0.15, 0.2) is 12.2 Å². The van der Waals surface area contributed by atoms with E-state index in [9.17, 15) is 4.79 Å². The number of rotatable bonds is 4. The van der Waals surface area contributed by atoms with Crippen molar-refractivity contribution in [2.75, 3.05) is 0 Å². The van der Waals surface area contributed by atoms with Gasteiger partial charge in [-0.15, -0.1) is 0 Å². The maximum absolute atomic E-state index is 10.8. The van der Waals surface area contributed by atoms with Gasteiger partial charge in [-0.1, -0.05) is 6.58 Å². The third kappa shape index (κ3) is 4.23. The number of hydrogen-bond acceptors (Lipinski definition) is 3. The van der Waals surface area contributed by atoms with E-state index in [1.165, 1.54) is 0 Å². The van der Waals surface area contributed by atoms with Crippen molar-refractivity contribution in [3.8, 4) is 0 Å². The fourth-order valence-electron chi connectivity index (χ4n) is 0.492. The zero-order chi connectivity index (χ0) is 8.15. The number of hydrogen-bond donors (Lipinski definition) is 2. The zero-order valence-electron chi connectivity index (χ0n) is 6.13. The largest absolute Gasteiger partial charge is 0.379 e. The molecule has 3 N–H and O–H groups in total. The van der Waals surface area contributed by atoms with Crippen molar-refractivity contribution in [3.05, 3.63) is 12.2 Å². The van der Waals surface area contributed by atoms with E-state index in [4.69, 9.17) is 10.8 Å². The van der Waals surface area contributed by atoms with Crippen LogP contribution < -0.4 is 5.73 Å². The Morgan fingerprint density at radius 3 is 2.60 bits per heavy atom. The van der Waals surface area contributed by atoms with E-state index in [1.54, 1.807) is 6.92 Å². The van der Waals surface area contributed by atoms with Crippen LogP contribution in [0.2, 0.25) is 0 Å². The maximum Gasteiger partial charge on any atom is 0.158 e. The molecule has 0 spiro atoms. The SMILES string of the molecule is C=C(C)C(=O)CCC(N)O. The van der Waals surface area contributed by atoms with Crippen molar-refractivity contribution >= 4 is 5.78 Å². The molecule has 0 aliphatic heterocycles. The molecular formula is C7H13NO2. The molecule has 0 aromatic rings. The minimum atomic E-state index is -0.886. The van der Waals surface area contributed by atoms with Crippen LogP contribution in [0, 0.1) is 0 Å². The van der Waals surface area contributed by atoms with Crippen molar-refractivity contribution in [2.45, 2.75) is 26.0 Å². The Morgan fingerprint density at radius 1 is 1.80 bits per heavy atom. The first-order chi connectivity index (χ1) is 4.54. The first-order valence-corrected chi connectivity index (χ1v) is 3.16. The summed E-state index contributed by atoms with van der Waals surface area (Å²) >= 11 is 0. The lowest BCUT2D eigenvalue weighted by molar-refractivity contribution is -0.116. The molecule has 0 aromatic heterocycles. The van der Waals surface area contributed by atoms with Crippen LogP contribution in [0.1, 0.15) is 19.8 Å². The van der Waals surface area contributed by atoms with Crippen molar-refractivity contribution in [3.63, 3.8) is 0 Å². The standard InChI is InChI=1S/C7H13NO2/c1-5(2)6(9)3-4-7(8)10/h7,10H,1,3-4,8H2,2H3. The smallest absolute Gasteiger partial charge is 0.158 e. The van der Waals surface area contributed by atoms with Crippen molar-refractivity contribution < 1.29 is 9.90 Å². The van der Waals surface area contributed by atoms with Crippen molar-refractivity contribution in [1.29, 1.82) is 0 Å². The number of allylic oxidation sites excluding steroid dienone is 1. The number of carbonyl (C=O) groups excluding carboxylic acids is 1. The molecule has 0 aliphatic rings. The molecule has 3 heteroatoms. The van der Waals surface area contributed by atoms with Gasteiger partial charge in [0.2, 0.25) is 0 Å². The number of carbonyl (C=O) groups is 1. The molecule has 0 aliphatic carbocycles. The Labute approximate surface area is 60.5 Å². The van der Waals surface area contributed by atoms with E-state index in [0.29, 0.717) is 12.0 Å². The summed E-state index contributed by atoms with van der Waals surface area (Å²) in [6.45, 7) is 5.11. The molecular weight excluding hydrogens is 130 g/mol. The van der Waals surface area contributed by atoms with E-state index in [0.717, 1.165) is 0 Å². The van der Waals surface area contributed by atoms with Gasteiger partial charge < -0.3 is 10.8 Å². The molecule has 3 nitrogen and oxygen atoms in total. The predicted octanol–water partition coefficient (Wildman–Crippen LogP) is 0.189. The normalized spacial score (nSPS) is 12.7. The van der Waals surface area contributed by atoms with Gasteiger partial charge in [-0.25, -0.2) is 0 Å².